The van der Waals surface area contributed by atoms with Crippen LogP contribution in [-0.4, -0.2) is 72.0 Å². The van der Waals surface area contributed by atoms with Crippen LogP contribution in [0.3, 0.4) is 0 Å². The van der Waals surface area contributed by atoms with Crippen molar-refractivity contribution in [3.05, 3.63) is 59.7 Å². The van der Waals surface area contributed by atoms with Crippen LogP contribution in [0.15, 0.2) is 48.5 Å². The first-order valence-corrected chi connectivity index (χ1v) is 11.5. The van der Waals surface area contributed by atoms with E-state index in [1.807, 2.05) is 24.3 Å². The molecule has 1 heterocycles. The fraction of sp³-hybridized carbons (Fsp3) is 0.348. The van der Waals surface area contributed by atoms with Crippen molar-refractivity contribution in [2.45, 2.75) is 12.0 Å². The maximum Gasteiger partial charge on any atom is 0.407 e. The molecule has 0 radical (unpaired) electrons. The van der Waals surface area contributed by atoms with Gasteiger partial charge in [0, 0.05) is 18.2 Å². The third kappa shape index (κ3) is 4.73. The molecule has 1 aliphatic heterocycles. The lowest BCUT2D eigenvalue weighted by atomic mass is 9.98. The number of amides is 2. The Hall–Kier alpha value is -3.04. The van der Waals surface area contributed by atoms with Crippen LogP contribution in [-0.2, 0) is 19.1 Å². The maximum atomic E-state index is 12.1. The Labute approximate surface area is 189 Å². The predicted octanol–water partition coefficient (Wildman–Crippen LogP) is 2.53. The number of nitrogens with one attached hydrogen (secondary N) is 1. The molecule has 0 spiro atoms. The normalized spacial score (nSPS) is 17.0. The average molecular weight is 457 g/mol. The summed E-state index contributed by atoms with van der Waals surface area (Å²) in [5.41, 5.74) is 4.61. The van der Waals surface area contributed by atoms with Crippen LogP contribution in [0.5, 0.6) is 0 Å². The number of alkyl carbamates (subject to hydrolysis) is 1. The highest BCUT2D eigenvalue weighted by molar-refractivity contribution is 7.99. The molecule has 0 aromatic heterocycles. The zero-order valence-electron chi connectivity index (χ0n) is 17.4. The van der Waals surface area contributed by atoms with Crippen LogP contribution in [0.4, 0.5) is 4.79 Å². The third-order valence-corrected chi connectivity index (χ3v) is 6.58. The van der Waals surface area contributed by atoms with Crippen molar-refractivity contribution in [2.24, 2.45) is 0 Å². The molecule has 0 saturated carbocycles. The van der Waals surface area contributed by atoms with E-state index in [1.165, 1.54) is 16.7 Å². The lowest BCUT2D eigenvalue weighted by Gasteiger charge is -2.20. The van der Waals surface area contributed by atoms with E-state index in [4.69, 9.17) is 14.6 Å². The number of carbonyl (C=O) groups is 3. The molecular formula is C23H24N2O6S. The molecule has 1 atom stereocenters. The van der Waals surface area contributed by atoms with Gasteiger partial charge < -0.3 is 24.8 Å². The minimum atomic E-state index is -1.01. The topological polar surface area (TPSA) is 105 Å². The molecule has 8 nitrogen and oxygen atoms in total. The lowest BCUT2D eigenvalue weighted by molar-refractivity contribution is -0.149. The monoisotopic (exact) mass is 456 g/mol. The van der Waals surface area contributed by atoms with Crippen molar-refractivity contribution in [3.63, 3.8) is 0 Å². The molecule has 1 saturated heterocycles. The Morgan fingerprint density at radius 1 is 1.06 bits per heavy atom. The first-order valence-electron chi connectivity index (χ1n) is 10.3. The number of carboxylic acids is 1. The summed E-state index contributed by atoms with van der Waals surface area (Å²) in [7, 11) is 0. The Morgan fingerprint density at radius 3 is 2.38 bits per heavy atom. The van der Waals surface area contributed by atoms with Crippen LogP contribution in [0.2, 0.25) is 0 Å². The molecule has 1 unspecified atom stereocenters. The van der Waals surface area contributed by atoms with Gasteiger partial charge in [0.15, 0.2) is 0 Å². The maximum absolute atomic E-state index is 12.1. The second-order valence-corrected chi connectivity index (χ2v) is 8.52. The highest BCUT2D eigenvalue weighted by atomic mass is 32.2. The average Bonchev–Trinajstić information content (AvgIpc) is 3.41. The molecule has 4 rings (SSSR count). The zero-order valence-corrected chi connectivity index (χ0v) is 18.2. The Bertz CT molecular complexity index is 968. The molecule has 2 aliphatic rings. The number of benzene rings is 2. The number of hydrogen-bond donors (Lipinski definition) is 2. The SMILES string of the molecule is O=C(NCCOCC(=O)N1CSCC1C(=O)O)OCC1c2ccccc2-c2ccccc21. The summed E-state index contributed by atoms with van der Waals surface area (Å²) in [4.78, 5) is 36.7. The van der Waals surface area contributed by atoms with Gasteiger partial charge in [-0.25, -0.2) is 9.59 Å². The van der Waals surface area contributed by atoms with Gasteiger partial charge >= 0.3 is 12.1 Å². The number of thioether (sulfide) groups is 1. The van der Waals surface area contributed by atoms with E-state index < -0.39 is 18.1 Å². The molecule has 2 aromatic rings. The summed E-state index contributed by atoms with van der Waals surface area (Å²) in [5.74, 6) is -0.673. The van der Waals surface area contributed by atoms with E-state index >= 15 is 0 Å². The highest BCUT2D eigenvalue weighted by Crippen LogP contribution is 2.44. The first-order chi connectivity index (χ1) is 15.6. The van der Waals surface area contributed by atoms with Crippen LogP contribution in [0, 0.1) is 0 Å². The predicted molar refractivity (Wildman–Crippen MR) is 119 cm³/mol. The third-order valence-electron chi connectivity index (χ3n) is 5.57. The van der Waals surface area contributed by atoms with Crippen LogP contribution >= 0.6 is 11.8 Å². The van der Waals surface area contributed by atoms with Crippen molar-refractivity contribution < 1.29 is 29.0 Å². The minimum Gasteiger partial charge on any atom is -0.480 e. The quantitative estimate of drug-likeness (QED) is 0.588. The van der Waals surface area contributed by atoms with Crippen molar-refractivity contribution in [2.75, 3.05) is 38.0 Å². The fourth-order valence-corrected chi connectivity index (χ4v) is 5.18. The molecule has 1 aliphatic carbocycles. The molecule has 168 valence electrons. The second kappa shape index (κ2) is 10.1. The Morgan fingerprint density at radius 2 is 1.72 bits per heavy atom. The number of nitrogens with zero attached hydrogens (tertiary/aromatic N) is 1. The standard InChI is InChI=1S/C23H24N2O6S/c26-21(25-14-32-13-20(25)22(27)28)12-30-10-9-24-23(29)31-11-19-17-7-3-1-5-15(17)16-6-2-4-8-18(16)19/h1-8,19-20H,9-14H2,(H,24,29)(H,27,28). The van der Waals surface area contributed by atoms with Crippen molar-refractivity contribution >= 4 is 29.7 Å². The molecule has 2 N–H and O–H groups in total. The van der Waals surface area contributed by atoms with Crippen molar-refractivity contribution in [3.8, 4) is 11.1 Å². The summed E-state index contributed by atoms with van der Waals surface area (Å²) in [6, 6.07) is 15.4. The van der Waals surface area contributed by atoms with Crippen LogP contribution < -0.4 is 5.32 Å². The van der Waals surface area contributed by atoms with Crippen LogP contribution in [0.1, 0.15) is 17.0 Å². The zero-order chi connectivity index (χ0) is 22.5. The Kier molecular flexibility index (Phi) is 6.96. The van der Waals surface area contributed by atoms with Gasteiger partial charge in [-0.05, 0) is 22.3 Å². The van der Waals surface area contributed by atoms with Gasteiger partial charge in [0.2, 0.25) is 5.91 Å². The van der Waals surface area contributed by atoms with E-state index in [0.717, 1.165) is 22.3 Å². The molecule has 0 bridgehead atoms. The number of rotatable bonds is 8. The van der Waals surface area contributed by atoms with Crippen LogP contribution in [0.25, 0.3) is 11.1 Å². The van der Waals surface area contributed by atoms with Gasteiger partial charge in [0.25, 0.3) is 0 Å². The number of hydrogen-bond acceptors (Lipinski definition) is 6. The van der Waals surface area contributed by atoms with E-state index in [2.05, 4.69) is 29.6 Å². The lowest BCUT2D eigenvalue weighted by Crippen LogP contribution is -2.43. The van der Waals surface area contributed by atoms with Crippen molar-refractivity contribution in [1.82, 2.24) is 10.2 Å². The summed E-state index contributed by atoms with van der Waals surface area (Å²) < 4.78 is 10.7. The number of aliphatic carboxylic acids is 1. The molecular weight excluding hydrogens is 432 g/mol. The first kappa shape index (κ1) is 22.2. The largest absolute Gasteiger partial charge is 0.480 e. The van der Waals surface area contributed by atoms with Gasteiger partial charge in [-0.3, -0.25) is 4.79 Å². The van der Waals surface area contributed by atoms with Crippen molar-refractivity contribution in [1.29, 1.82) is 0 Å². The highest BCUT2D eigenvalue weighted by Gasteiger charge is 2.34. The van der Waals surface area contributed by atoms with Gasteiger partial charge in [-0.15, -0.1) is 11.8 Å². The van der Waals surface area contributed by atoms with Gasteiger partial charge in [0.1, 0.15) is 19.3 Å². The molecule has 9 heteroatoms. The molecule has 1 fully saturated rings. The summed E-state index contributed by atoms with van der Waals surface area (Å²) >= 11 is 1.40. The molecule has 2 aromatic carbocycles. The van der Waals surface area contributed by atoms with Gasteiger partial charge in [-0.1, -0.05) is 48.5 Å². The Balaban J connectivity index is 1.19. The second-order valence-electron chi connectivity index (χ2n) is 7.52. The van der Waals surface area contributed by atoms with Gasteiger partial charge in [-0.2, -0.15) is 0 Å². The number of ether oxygens (including phenoxy) is 2. The minimum absolute atomic E-state index is 0.0115. The fourth-order valence-electron chi connectivity index (χ4n) is 4.01. The summed E-state index contributed by atoms with van der Waals surface area (Å²) in [6.07, 6.45) is -0.552. The van der Waals surface area contributed by atoms with E-state index in [1.54, 1.807) is 0 Å². The molecule has 2 amide bonds. The summed E-state index contributed by atoms with van der Waals surface area (Å²) in [6.45, 7) is 0.300. The number of carboxylic acid groups (broad SMARTS) is 1. The summed E-state index contributed by atoms with van der Waals surface area (Å²) in [5, 5.41) is 11.7. The molecule has 32 heavy (non-hydrogen) atoms. The number of carbonyl (C=O) groups excluding carboxylic acids is 2. The van der Waals surface area contributed by atoms with E-state index in [-0.39, 0.29) is 38.2 Å². The van der Waals surface area contributed by atoms with E-state index in [9.17, 15) is 14.4 Å². The number of fused-ring (bicyclic) bond motifs is 3. The van der Waals surface area contributed by atoms with E-state index in [0.29, 0.717) is 11.6 Å². The smallest absolute Gasteiger partial charge is 0.407 e. The van der Waals surface area contributed by atoms with Gasteiger partial charge in [0.05, 0.1) is 12.5 Å².